The zero-order valence-corrected chi connectivity index (χ0v) is 8.02. The molecule has 62 valence electrons. The van der Waals surface area contributed by atoms with Crippen molar-refractivity contribution >= 4 is 17.7 Å². The van der Waals surface area contributed by atoms with E-state index in [0.29, 0.717) is 12.3 Å². The largest absolute Gasteiger partial charge is 0.306 e. The molecule has 0 saturated heterocycles. The number of rotatable bonds is 1. The highest BCUT2D eigenvalue weighted by molar-refractivity contribution is 7.89. The molecule has 0 aromatic heterocycles. The summed E-state index contributed by atoms with van der Waals surface area (Å²) in [6, 6.07) is 0. The van der Waals surface area contributed by atoms with Crippen molar-refractivity contribution in [3.8, 4) is 0 Å². The lowest BCUT2D eigenvalue weighted by Gasteiger charge is -1.93. The summed E-state index contributed by atoms with van der Waals surface area (Å²) in [5.74, 6) is 0. The summed E-state index contributed by atoms with van der Waals surface area (Å²) in [6.45, 7) is 4.54. The van der Waals surface area contributed by atoms with E-state index in [-0.39, 0.29) is 0 Å². The lowest BCUT2D eigenvalue weighted by Crippen LogP contribution is -1.69. The molecule has 0 aromatic carbocycles. The Bertz CT molecular complexity index is 190. The second-order valence-electron chi connectivity index (χ2n) is 2.10. The van der Waals surface area contributed by atoms with Gasteiger partial charge in [0.1, 0.15) is 0 Å². The van der Waals surface area contributed by atoms with Crippen molar-refractivity contribution in [1.82, 2.24) is 0 Å². The highest BCUT2D eigenvalue weighted by atomic mass is 35.7. The van der Waals surface area contributed by atoms with E-state index in [1.165, 1.54) is 0 Å². The van der Waals surface area contributed by atoms with Crippen LogP contribution < -0.4 is 0 Å². The fourth-order valence-corrected chi connectivity index (χ4v) is 2.09. The van der Waals surface area contributed by atoms with Crippen molar-refractivity contribution in [3.05, 3.63) is 37.5 Å². The zero-order chi connectivity index (χ0) is 8.74. The average Bonchev–Trinajstić information content (AvgIpc) is 2.35. The van der Waals surface area contributed by atoms with Crippen molar-refractivity contribution in [3.63, 3.8) is 0 Å². The van der Waals surface area contributed by atoms with E-state index in [1.54, 1.807) is 12.2 Å². The van der Waals surface area contributed by atoms with Crippen LogP contribution in [0.5, 0.6) is 0 Å². The van der Waals surface area contributed by atoms with E-state index in [0.717, 1.165) is 0 Å². The van der Waals surface area contributed by atoms with E-state index < -0.39 is 6.49 Å². The zero-order valence-electron chi connectivity index (χ0n) is 6.37. The maximum Gasteiger partial charge on any atom is 0.176 e. The van der Waals surface area contributed by atoms with E-state index >= 15 is 0 Å². The normalized spacial score (nSPS) is 18.3. The van der Waals surface area contributed by atoms with E-state index in [2.05, 4.69) is 13.2 Å². The first-order chi connectivity index (χ1) is 5.12. The first kappa shape index (κ1) is 10.7. The SMILES string of the molecule is C=CC=C.O=P1(Cl)CC=CC1. The number of halogens is 1. The van der Waals surface area contributed by atoms with E-state index in [4.69, 9.17) is 11.2 Å². The molecule has 1 aliphatic rings. The predicted octanol–water partition coefficient (Wildman–Crippen LogP) is 3.43. The lowest BCUT2D eigenvalue weighted by molar-refractivity contribution is 0.588. The Kier molecular flexibility index (Phi) is 5.27. The van der Waals surface area contributed by atoms with Gasteiger partial charge in [0.05, 0.1) is 0 Å². The molecule has 0 radical (unpaired) electrons. The molecule has 0 fully saturated rings. The lowest BCUT2D eigenvalue weighted by atomic mass is 10.6. The van der Waals surface area contributed by atoms with Gasteiger partial charge in [0.2, 0.25) is 0 Å². The minimum Gasteiger partial charge on any atom is -0.306 e. The van der Waals surface area contributed by atoms with Gasteiger partial charge in [-0.1, -0.05) is 48.7 Å². The molecule has 11 heavy (non-hydrogen) atoms. The van der Waals surface area contributed by atoms with Crippen LogP contribution in [0, 0.1) is 0 Å². The second-order valence-corrected chi connectivity index (χ2v) is 6.26. The summed E-state index contributed by atoms with van der Waals surface area (Å²) < 4.78 is 10.7. The minimum atomic E-state index is -2.18. The van der Waals surface area contributed by atoms with Crippen LogP contribution in [0.1, 0.15) is 0 Å². The summed E-state index contributed by atoms with van der Waals surface area (Å²) in [7, 11) is 0. The van der Waals surface area contributed by atoms with Crippen molar-refractivity contribution < 1.29 is 4.57 Å². The van der Waals surface area contributed by atoms with Crippen LogP contribution in [0.15, 0.2) is 37.5 Å². The Morgan fingerprint density at radius 2 is 1.64 bits per heavy atom. The fraction of sp³-hybridized carbons (Fsp3) is 0.250. The third-order valence-corrected chi connectivity index (χ3v) is 3.43. The Labute approximate surface area is 72.6 Å². The van der Waals surface area contributed by atoms with Crippen LogP contribution in [0.4, 0.5) is 0 Å². The van der Waals surface area contributed by atoms with E-state index in [1.807, 2.05) is 12.2 Å². The first-order valence-electron chi connectivity index (χ1n) is 3.28. The molecule has 0 saturated carbocycles. The number of hydrogen-bond donors (Lipinski definition) is 0. The molecular weight excluding hydrogens is 179 g/mol. The van der Waals surface area contributed by atoms with Gasteiger partial charge in [0, 0.05) is 12.3 Å². The van der Waals surface area contributed by atoms with Gasteiger partial charge in [-0.05, 0) is 0 Å². The Balaban J connectivity index is 0.000000218. The van der Waals surface area contributed by atoms with Gasteiger partial charge in [-0.3, -0.25) is 0 Å². The quantitative estimate of drug-likeness (QED) is 0.352. The fourth-order valence-electron chi connectivity index (χ4n) is 0.538. The predicted molar refractivity (Wildman–Crippen MR) is 52.7 cm³/mol. The van der Waals surface area contributed by atoms with Crippen LogP contribution in [-0.2, 0) is 4.57 Å². The smallest absolute Gasteiger partial charge is 0.176 e. The van der Waals surface area contributed by atoms with Crippen LogP contribution in [0.25, 0.3) is 0 Å². The van der Waals surface area contributed by atoms with E-state index in [9.17, 15) is 4.57 Å². The maximum atomic E-state index is 10.7. The monoisotopic (exact) mass is 190 g/mol. The Morgan fingerprint density at radius 3 is 1.73 bits per heavy atom. The van der Waals surface area contributed by atoms with Gasteiger partial charge < -0.3 is 4.57 Å². The first-order valence-corrected chi connectivity index (χ1v) is 6.27. The second kappa shape index (κ2) is 5.40. The van der Waals surface area contributed by atoms with Crippen molar-refractivity contribution in [1.29, 1.82) is 0 Å². The molecule has 0 atom stereocenters. The third kappa shape index (κ3) is 6.15. The number of allylic oxidation sites excluding steroid dienone is 4. The van der Waals surface area contributed by atoms with Crippen molar-refractivity contribution in [2.45, 2.75) is 0 Å². The summed E-state index contributed by atoms with van der Waals surface area (Å²) in [4.78, 5) is 0. The highest BCUT2D eigenvalue weighted by Crippen LogP contribution is 2.53. The van der Waals surface area contributed by atoms with Gasteiger partial charge in [0.25, 0.3) is 0 Å². The molecule has 0 N–H and O–H groups in total. The Hall–Kier alpha value is -0.260. The van der Waals surface area contributed by atoms with Crippen molar-refractivity contribution in [2.24, 2.45) is 0 Å². The number of hydrogen-bond acceptors (Lipinski definition) is 1. The van der Waals surface area contributed by atoms with Crippen LogP contribution in [0.2, 0.25) is 0 Å². The molecule has 0 unspecified atom stereocenters. The Morgan fingerprint density at radius 1 is 1.27 bits per heavy atom. The molecule has 1 heterocycles. The minimum absolute atomic E-state index is 0.592. The molecular formula is C8H12ClOP. The van der Waals surface area contributed by atoms with Crippen molar-refractivity contribution in [2.75, 3.05) is 12.3 Å². The molecule has 0 spiro atoms. The molecule has 0 aromatic rings. The third-order valence-electron chi connectivity index (χ3n) is 1.09. The summed E-state index contributed by atoms with van der Waals surface area (Å²) in [6.07, 6.45) is 8.20. The van der Waals surface area contributed by atoms with Gasteiger partial charge in [-0.2, -0.15) is 0 Å². The molecule has 3 heteroatoms. The van der Waals surface area contributed by atoms with Gasteiger partial charge in [0.15, 0.2) is 6.49 Å². The molecule has 0 aliphatic carbocycles. The van der Waals surface area contributed by atoms with Crippen LogP contribution >= 0.6 is 17.7 Å². The van der Waals surface area contributed by atoms with Crippen LogP contribution in [0.3, 0.4) is 0 Å². The summed E-state index contributed by atoms with van der Waals surface area (Å²) >= 11 is 5.46. The maximum absolute atomic E-state index is 10.7. The summed E-state index contributed by atoms with van der Waals surface area (Å²) in [5, 5.41) is 0. The molecule has 1 aliphatic heterocycles. The molecule has 0 bridgehead atoms. The van der Waals surface area contributed by atoms with Gasteiger partial charge >= 0.3 is 0 Å². The summed E-state index contributed by atoms with van der Waals surface area (Å²) in [5.41, 5.74) is 0. The molecule has 0 amide bonds. The van der Waals surface area contributed by atoms with Gasteiger partial charge in [-0.25, -0.2) is 0 Å². The average molecular weight is 191 g/mol. The molecule has 1 rings (SSSR count). The molecule has 1 nitrogen and oxygen atoms in total. The van der Waals surface area contributed by atoms with Gasteiger partial charge in [-0.15, -0.1) is 0 Å². The van der Waals surface area contributed by atoms with Crippen LogP contribution in [-0.4, -0.2) is 12.3 Å². The topological polar surface area (TPSA) is 17.1 Å². The highest BCUT2D eigenvalue weighted by Gasteiger charge is 2.17. The standard InChI is InChI=1S/C4H6ClOP.C4H6/c5-7(6)3-1-2-4-7;1-3-4-2/h1-2H,3-4H2;3-4H,1-2H2.